The predicted molar refractivity (Wildman–Crippen MR) is 68.7 cm³/mol. The monoisotopic (exact) mass is 278 g/mol. The van der Waals surface area contributed by atoms with Crippen LogP contribution in [0.25, 0.3) is 0 Å². The molecule has 2 rings (SSSR count). The van der Waals surface area contributed by atoms with Gasteiger partial charge in [0, 0.05) is 24.8 Å². The Balaban J connectivity index is 1.89. The Kier molecular flexibility index (Phi) is 3.78. The molecule has 0 atom stereocenters. The van der Waals surface area contributed by atoms with Crippen molar-refractivity contribution >= 4 is 11.6 Å². The van der Waals surface area contributed by atoms with Crippen LogP contribution in [0.5, 0.6) is 0 Å². The number of aryl methyl sites for hydroxylation is 1. The zero-order chi connectivity index (χ0) is 14.7. The van der Waals surface area contributed by atoms with Gasteiger partial charge in [-0.25, -0.2) is 0 Å². The summed E-state index contributed by atoms with van der Waals surface area (Å²) in [7, 11) is 1.82. The van der Waals surface area contributed by atoms with Gasteiger partial charge in [0.25, 0.3) is 0 Å². The number of nitrogens with zero attached hydrogens (tertiary/aromatic N) is 5. The van der Waals surface area contributed by atoms with Gasteiger partial charge in [-0.1, -0.05) is 0 Å². The molecular formula is C11H14N6O3. The maximum atomic E-state index is 11.7. The average Bonchev–Trinajstić information content (AvgIpc) is 2.97. The molecule has 0 saturated carbocycles. The predicted octanol–water partition coefficient (Wildman–Crippen LogP) is 0.150. The quantitative estimate of drug-likeness (QED) is 0.618. The van der Waals surface area contributed by atoms with Crippen LogP contribution in [0.15, 0.2) is 18.6 Å². The Morgan fingerprint density at radius 1 is 1.45 bits per heavy atom. The van der Waals surface area contributed by atoms with E-state index in [2.05, 4.69) is 15.5 Å². The number of aromatic nitrogens is 4. The molecule has 0 aliphatic carbocycles. The molecule has 0 spiro atoms. The van der Waals surface area contributed by atoms with Crippen molar-refractivity contribution in [2.75, 3.05) is 0 Å². The van der Waals surface area contributed by atoms with Crippen molar-refractivity contribution in [3.8, 4) is 0 Å². The third-order valence-electron chi connectivity index (χ3n) is 2.95. The second-order valence-electron chi connectivity index (χ2n) is 4.31. The molecule has 9 heteroatoms. The lowest BCUT2D eigenvalue weighted by molar-refractivity contribution is -0.385. The summed E-state index contributed by atoms with van der Waals surface area (Å²) >= 11 is 0. The zero-order valence-electron chi connectivity index (χ0n) is 11.1. The van der Waals surface area contributed by atoms with Gasteiger partial charge in [0.15, 0.2) is 0 Å². The van der Waals surface area contributed by atoms with Gasteiger partial charge >= 0.3 is 5.69 Å². The van der Waals surface area contributed by atoms with E-state index < -0.39 is 4.92 Å². The van der Waals surface area contributed by atoms with Crippen molar-refractivity contribution in [1.82, 2.24) is 24.9 Å². The first kappa shape index (κ1) is 13.7. The summed E-state index contributed by atoms with van der Waals surface area (Å²) in [6, 6.07) is 0. The van der Waals surface area contributed by atoms with Crippen LogP contribution >= 0.6 is 0 Å². The summed E-state index contributed by atoms with van der Waals surface area (Å²) in [6.07, 6.45) is 4.02. The van der Waals surface area contributed by atoms with Gasteiger partial charge in [0.1, 0.15) is 18.9 Å². The molecule has 2 aromatic rings. The van der Waals surface area contributed by atoms with E-state index in [0.717, 1.165) is 17.5 Å². The normalized spacial score (nSPS) is 10.5. The molecule has 2 heterocycles. The molecule has 1 amide bonds. The van der Waals surface area contributed by atoms with Crippen LogP contribution in [0, 0.1) is 17.0 Å². The highest BCUT2D eigenvalue weighted by Gasteiger charge is 2.11. The number of carbonyl (C=O) groups is 1. The van der Waals surface area contributed by atoms with Crippen LogP contribution < -0.4 is 5.32 Å². The average molecular weight is 278 g/mol. The van der Waals surface area contributed by atoms with Crippen LogP contribution in [-0.2, 0) is 24.9 Å². The Morgan fingerprint density at radius 2 is 2.20 bits per heavy atom. The number of carbonyl (C=O) groups excluding carboxylic acids is 1. The van der Waals surface area contributed by atoms with Crippen molar-refractivity contribution in [3.05, 3.63) is 40.0 Å². The van der Waals surface area contributed by atoms with Crippen LogP contribution in [0.2, 0.25) is 0 Å². The number of nitro groups is 1. The Morgan fingerprint density at radius 3 is 2.75 bits per heavy atom. The number of nitrogens with one attached hydrogen (secondary N) is 1. The minimum absolute atomic E-state index is 0.0624. The third-order valence-corrected chi connectivity index (χ3v) is 2.95. The fourth-order valence-electron chi connectivity index (χ4n) is 1.65. The first-order valence-corrected chi connectivity index (χ1v) is 5.88. The fraction of sp³-hybridized carbons (Fsp3) is 0.364. The first-order valence-electron chi connectivity index (χ1n) is 5.88. The molecule has 20 heavy (non-hydrogen) atoms. The highest BCUT2D eigenvalue weighted by molar-refractivity contribution is 5.75. The molecule has 106 valence electrons. The Hall–Kier alpha value is -2.71. The van der Waals surface area contributed by atoms with Crippen molar-refractivity contribution in [2.24, 2.45) is 7.05 Å². The van der Waals surface area contributed by atoms with Crippen molar-refractivity contribution in [2.45, 2.75) is 20.0 Å². The van der Waals surface area contributed by atoms with Crippen LogP contribution in [-0.4, -0.2) is 30.4 Å². The molecule has 0 radical (unpaired) electrons. The van der Waals surface area contributed by atoms with E-state index in [-0.39, 0.29) is 18.1 Å². The van der Waals surface area contributed by atoms with Crippen LogP contribution in [0.1, 0.15) is 11.3 Å². The van der Waals surface area contributed by atoms with Gasteiger partial charge in [0.2, 0.25) is 5.91 Å². The molecule has 9 nitrogen and oxygen atoms in total. The van der Waals surface area contributed by atoms with E-state index in [4.69, 9.17) is 0 Å². The molecule has 2 aromatic heterocycles. The fourth-order valence-corrected chi connectivity index (χ4v) is 1.65. The van der Waals surface area contributed by atoms with Gasteiger partial charge in [-0.3, -0.25) is 24.3 Å². The molecular weight excluding hydrogens is 264 g/mol. The summed E-state index contributed by atoms with van der Waals surface area (Å²) in [4.78, 5) is 21.7. The summed E-state index contributed by atoms with van der Waals surface area (Å²) < 4.78 is 2.95. The van der Waals surface area contributed by atoms with Gasteiger partial charge in [-0.2, -0.15) is 10.2 Å². The largest absolute Gasteiger partial charge is 0.350 e. The van der Waals surface area contributed by atoms with Crippen LogP contribution in [0.3, 0.4) is 0 Å². The van der Waals surface area contributed by atoms with Gasteiger partial charge in [0.05, 0.1) is 11.1 Å². The molecule has 0 unspecified atom stereocenters. The molecule has 0 fully saturated rings. The molecule has 0 saturated heterocycles. The number of hydrogen-bond donors (Lipinski definition) is 1. The summed E-state index contributed by atoms with van der Waals surface area (Å²) in [6.45, 7) is 2.21. The highest BCUT2D eigenvalue weighted by Crippen LogP contribution is 2.07. The Labute approximate surface area is 114 Å². The number of hydrogen-bond acceptors (Lipinski definition) is 5. The minimum Gasteiger partial charge on any atom is -0.350 e. The van der Waals surface area contributed by atoms with Crippen molar-refractivity contribution in [1.29, 1.82) is 0 Å². The highest BCUT2D eigenvalue weighted by atomic mass is 16.6. The van der Waals surface area contributed by atoms with Gasteiger partial charge < -0.3 is 5.32 Å². The third kappa shape index (κ3) is 2.99. The van der Waals surface area contributed by atoms with E-state index in [1.807, 2.05) is 14.0 Å². The second kappa shape index (κ2) is 5.51. The molecule has 0 aliphatic heterocycles. The topological polar surface area (TPSA) is 108 Å². The lowest BCUT2D eigenvalue weighted by Gasteiger charge is -2.04. The van der Waals surface area contributed by atoms with E-state index >= 15 is 0 Å². The summed E-state index contributed by atoms with van der Waals surface area (Å²) in [5.74, 6) is -0.272. The van der Waals surface area contributed by atoms with Gasteiger partial charge in [-0.15, -0.1) is 0 Å². The molecule has 0 aromatic carbocycles. The van der Waals surface area contributed by atoms with Crippen LogP contribution in [0.4, 0.5) is 5.69 Å². The van der Waals surface area contributed by atoms with Gasteiger partial charge in [-0.05, 0) is 6.92 Å². The van der Waals surface area contributed by atoms with E-state index in [1.54, 1.807) is 10.9 Å². The van der Waals surface area contributed by atoms with E-state index in [1.165, 1.54) is 10.9 Å². The lowest BCUT2D eigenvalue weighted by atomic mass is 10.2. The molecule has 0 bridgehead atoms. The standard InChI is InChI=1S/C11H14N6O3/c1-8-9(4-13-15(8)2)3-12-11(18)7-16-6-10(5-14-16)17(19)20/h4-6H,3,7H2,1-2H3,(H,12,18). The van der Waals surface area contributed by atoms with Crippen molar-refractivity contribution < 1.29 is 9.72 Å². The van der Waals surface area contributed by atoms with Crippen molar-refractivity contribution in [3.63, 3.8) is 0 Å². The molecule has 0 aliphatic rings. The zero-order valence-corrected chi connectivity index (χ0v) is 11.1. The lowest BCUT2D eigenvalue weighted by Crippen LogP contribution is -2.27. The number of amides is 1. The number of rotatable bonds is 5. The minimum atomic E-state index is -0.555. The maximum absolute atomic E-state index is 11.7. The second-order valence-corrected chi connectivity index (χ2v) is 4.31. The smallest absolute Gasteiger partial charge is 0.307 e. The van der Waals surface area contributed by atoms with E-state index in [0.29, 0.717) is 6.54 Å². The SMILES string of the molecule is Cc1c(CNC(=O)Cn2cc([N+](=O)[O-])cn2)cnn1C. The van der Waals surface area contributed by atoms with E-state index in [9.17, 15) is 14.9 Å². The maximum Gasteiger partial charge on any atom is 0.307 e. The summed E-state index contributed by atoms with van der Waals surface area (Å²) in [5.41, 5.74) is 1.76. The summed E-state index contributed by atoms with van der Waals surface area (Å²) in [5, 5.41) is 21.0. The Bertz CT molecular complexity index is 644. The first-order chi connectivity index (χ1) is 9.47. The molecule has 1 N–H and O–H groups in total.